The highest BCUT2D eigenvalue weighted by atomic mass is 28.4. The normalized spacial score (nSPS) is 15.5. The summed E-state index contributed by atoms with van der Waals surface area (Å²) in [4.78, 5) is 192. The Bertz CT molecular complexity index is 2870. The minimum absolute atomic E-state index is 0.00362. The van der Waals surface area contributed by atoms with Crippen LogP contribution in [0.1, 0.15) is 123 Å². The number of carboxylic acids is 8. The molecule has 0 radical (unpaired) electrons. The fourth-order valence-corrected chi connectivity index (χ4v) is 15.3. The van der Waals surface area contributed by atoms with E-state index in [0.29, 0.717) is 5.19 Å². The number of amides is 8. The molecule has 2 rings (SSSR count). The third kappa shape index (κ3) is 32.1. The van der Waals surface area contributed by atoms with Gasteiger partial charge in [-0.2, -0.15) is 0 Å². The number of benzene rings is 1. The van der Waals surface area contributed by atoms with Gasteiger partial charge in [0.1, 0.15) is 30.2 Å². The molecule has 1 fully saturated rings. The van der Waals surface area contributed by atoms with Crippen molar-refractivity contribution in [3.05, 3.63) is 29.8 Å². The Kier molecular flexibility index (Phi) is 35.8. The van der Waals surface area contributed by atoms with Crippen LogP contribution in [0.3, 0.4) is 0 Å². The topological polar surface area (TPSA) is 527 Å². The van der Waals surface area contributed by atoms with Crippen LogP contribution in [0.2, 0.25) is 10.1 Å². The van der Waals surface area contributed by atoms with Gasteiger partial charge in [-0.1, -0.05) is 53.7 Å². The maximum atomic E-state index is 17.1. The average Bonchev–Trinajstić information content (AvgIpc) is 0.749. The molecule has 8 amide bonds. The second-order valence-corrected chi connectivity index (χ2v) is 30.3. The Morgan fingerprint density at radius 2 is 0.784 bits per heavy atom. The van der Waals surface area contributed by atoms with E-state index in [4.69, 9.17) is 5.11 Å². The summed E-state index contributed by atoms with van der Waals surface area (Å²) in [7, 11) is -3.74. The van der Waals surface area contributed by atoms with Gasteiger partial charge in [0.2, 0.25) is 29.5 Å². The van der Waals surface area contributed by atoms with Crippen LogP contribution in [0.5, 0.6) is 0 Å². The van der Waals surface area contributed by atoms with Gasteiger partial charge in [-0.05, 0) is 72.3 Å². The lowest BCUT2D eigenvalue weighted by molar-refractivity contribution is -0.143. The van der Waals surface area contributed by atoms with Crippen LogP contribution in [-0.2, 0) is 62.3 Å². The van der Waals surface area contributed by atoms with Crippen LogP contribution >= 0.6 is 0 Å². The zero-order valence-corrected chi connectivity index (χ0v) is 56.4. The molecule has 0 saturated carbocycles. The lowest BCUT2D eigenvalue weighted by Gasteiger charge is -2.44. The number of carbonyl (C=O) groups is 15. The number of nitrogens with one attached hydrogen (secondary N) is 8. The number of urea groups is 1. The highest BCUT2D eigenvalue weighted by molar-refractivity contribution is 6.90. The molecule has 35 nitrogen and oxygen atoms in total. The Hall–Kier alpha value is -8.94. The predicted molar refractivity (Wildman–Crippen MR) is 343 cm³/mol. The fourth-order valence-electron chi connectivity index (χ4n) is 10.7. The molecule has 1 heterocycles. The van der Waals surface area contributed by atoms with Crippen molar-refractivity contribution in [2.75, 3.05) is 98.2 Å². The molecule has 37 heteroatoms. The molecule has 1 aromatic carbocycles. The summed E-state index contributed by atoms with van der Waals surface area (Å²) in [5, 5.41) is 94.0. The molecule has 5 atom stereocenters. The lowest BCUT2D eigenvalue weighted by Crippen LogP contribution is -2.58. The van der Waals surface area contributed by atoms with Gasteiger partial charge >= 0.3 is 53.8 Å². The van der Waals surface area contributed by atoms with Crippen molar-refractivity contribution in [2.24, 2.45) is 0 Å². The van der Waals surface area contributed by atoms with Gasteiger partial charge in [0.05, 0.1) is 26.2 Å². The molecule has 0 aromatic heterocycles. The van der Waals surface area contributed by atoms with Gasteiger partial charge in [-0.25, -0.2) is 24.0 Å². The number of nitrogens with zero attached hydrogens (tertiary/aromatic N) is 4. The molecule has 0 bridgehead atoms. The third-order valence-electron chi connectivity index (χ3n) is 15.7. The molecular formula is C60H95FN12O23Si. The van der Waals surface area contributed by atoms with E-state index < -0.39 is 190 Å². The number of carboxylic acid groups (broad SMARTS) is 8. The first-order chi connectivity index (χ1) is 45.2. The molecule has 97 heavy (non-hydrogen) atoms. The highest BCUT2D eigenvalue weighted by Crippen LogP contribution is 2.51. The molecular weight excluding hydrogens is 1300 g/mol. The summed E-state index contributed by atoms with van der Waals surface area (Å²) in [6.07, 6.45) is -3.03. The first kappa shape index (κ1) is 84.1. The van der Waals surface area contributed by atoms with Crippen molar-refractivity contribution in [3.8, 4) is 0 Å². The SMILES string of the molecule is CC(C)(C)[Si](F)(c1ccc(C(=O)NC[C@H](NC(=O)CN2CCN(CC(=O)O)CCN(CC(=O)O)CCN(CC(=O)O)CC2)C(=O)N[C@H](CCCCNC(=O)CCC(=O)NCCC[C@H](NC(=O)CC[C@H](NC(=O)N[C@@H](CCC(=O)O)C(=O)O)C(=O)O)C(=O)O)C(=O)O)cc1)C(C)(C)C. The zero-order chi connectivity index (χ0) is 73.4. The molecule has 1 aliphatic heterocycles. The van der Waals surface area contributed by atoms with Crippen molar-refractivity contribution in [2.45, 2.75) is 152 Å². The first-order valence-corrected chi connectivity index (χ1v) is 33.4. The van der Waals surface area contributed by atoms with Gasteiger partial charge < -0.3 is 87.5 Å². The summed E-state index contributed by atoms with van der Waals surface area (Å²) in [6.45, 7) is 9.06. The number of aliphatic carboxylic acids is 8. The number of rotatable bonds is 40. The standard InChI is InChI=1S/C60H95FN12O23Si/c1-59(2,3)97(61,60(4,5)6)38-14-12-37(13-15-38)52(86)64-32-43(66-47(77)33-70-24-26-71(34-49(80)81)28-30-73(36-51(84)85)31-29-72(27-25-70)35-50(82)83)53(87)67-40(55(90)91)10-7-8-22-62-44(74)19-20-45(75)63-23-9-11-39(54(88)89)65-46(76)18-16-41(56(92)93)68-58(96)69-42(57(94)95)17-21-48(78)79/h12-15,39-43H,7-11,16-36H2,1-6H3,(H,62,74)(H,63,75)(H,64,86)(H,65,76)(H,66,77)(H,67,87)(H,78,79)(H,80,81)(H,82,83)(H,84,85)(H,88,89)(H,90,91)(H,92,93)(H,94,95)(H2,68,69,96)/t39-,40+,41-,42-,43-/m0/s1. The van der Waals surface area contributed by atoms with Crippen LogP contribution in [0, 0.1) is 0 Å². The van der Waals surface area contributed by atoms with Gasteiger partial charge in [-0.15, -0.1) is 0 Å². The van der Waals surface area contributed by atoms with E-state index in [1.165, 1.54) is 34.1 Å². The van der Waals surface area contributed by atoms with E-state index in [9.17, 15) is 108 Å². The van der Waals surface area contributed by atoms with Crippen LogP contribution < -0.4 is 47.7 Å². The minimum Gasteiger partial charge on any atom is -0.481 e. The highest BCUT2D eigenvalue weighted by Gasteiger charge is 2.56. The van der Waals surface area contributed by atoms with Crippen LogP contribution in [0.25, 0.3) is 0 Å². The van der Waals surface area contributed by atoms with E-state index in [0.717, 1.165) is 0 Å². The van der Waals surface area contributed by atoms with E-state index in [1.54, 1.807) is 9.80 Å². The molecule has 1 aromatic rings. The second-order valence-electron chi connectivity index (χ2n) is 25.4. The number of hydrogen-bond acceptors (Lipinski definition) is 19. The largest absolute Gasteiger partial charge is 0.481 e. The summed E-state index contributed by atoms with van der Waals surface area (Å²) in [5.41, 5.74) is 0.0755. The molecule has 0 aliphatic carbocycles. The quantitative estimate of drug-likeness (QED) is 0.0193. The molecule has 1 aliphatic rings. The Balaban J connectivity index is 2.11. The van der Waals surface area contributed by atoms with Crippen molar-refractivity contribution in [1.82, 2.24) is 62.1 Å². The number of unbranched alkanes of at least 4 members (excludes halogenated alkanes) is 1. The monoisotopic (exact) mass is 1400 g/mol. The summed E-state index contributed by atoms with van der Waals surface area (Å²) in [5.74, 6) is -15.7. The van der Waals surface area contributed by atoms with Gasteiger partial charge in [0.15, 0.2) is 0 Å². The molecule has 0 spiro atoms. The zero-order valence-electron chi connectivity index (χ0n) is 55.4. The third-order valence-corrected chi connectivity index (χ3v) is 20.9. The maximum Gasteiger partial charge on any atom is 0.326 e. The minimum atomic E-state index is -3.74. The number of halogens is 1. The van der Waals surface area contributed by atoms with E-state index in [2.05, 4.69) is 31.9 Å². The van der Waals surface area contributed by atoms with Crippen LogP contribution in [0.15, 0.2) is 24.3 Å². The van der Waals surface area contributed by atoms with Crippen molar-refractivity contribution in [3.63, 3.8) is 0 Å². The fraction of sp³-hybridized carbons (Fsp3) is 0.650. The number of carbonyl (C=O) groups excluding carboxylic acids is 7. The maximum absolute atomic E-state index is 17.1. The van der Waals surface area contributed by atoms with E-state index in [-0.39, 0.29) is 123 Å². The van der Waals surface area contributed by atoms with Crippen LogP contribution in [-0.4, -0.2) is 286 Å². The van der Waals surface area contributed by atoms with Gasteiger partial charge in [0.25, 0.3) is 14.3 Å². The summed E-state index contributed by atoms with van der Waals surface area (Å²) >= 11 is 0. The van der Waals surface area contributed by atoms with Gasteiger partial charge in [0, 0.05) is 103 Å². The van der Waals surface area contributed by atoms with Crippen LogP contribution in [0.4, 0.5) is 8.90 Å². The van der Waals surface area contributed by atoms with E-state index >= 15 is 4.11 Å². The Morgan fingerprint density at radius 1 is 0.412 bits per heavy atom. The molecule has 1 saturated heterocycles. The smallest absolute Gasteiger partial charge is 0.326 e. The number of hydrogen-bond donors (Lipinski definition) is 16. The summed E-state index contributed by atoms with van der Waals surface area (Å²) < 4.78 is 17.1. The average molecular weight is 1400 g/mol. The lowest BCUT2D eigenvalue weighted by atomic mass is 10.1. The Morgan fingerprint density at radius 3 is 1.19 bits per heavy atom. The predicted octanol–water partition coefficient (Wildman–Crippen LogP) is -1.95. The van der Waals surface area contributed by atoms with E-state index in [1.807, 2.05) is 52.2 Å². The molecule has 544 valence electrons. The van der Waals surface area contributed by atoms with Crippen molar-refractivity contribution >= 4 is 103 Å². The Labute approximate surface area is 560 Å². The molecule has 16 N–H and O–H groups in total. The summed E-state index contributed by atoms with van der Waals surface area (Å²) in [6, 6.07) is -3.44. The second kappa shape index (κ2) is 41.2. The van der Waals surface area contributed by atoms with Crippen molar-refractivity contribution in [1.29, 1.82) is 0 Å². The van der Waals surface area contributed by atoms with Gasteiger partial charge in [-0.3, -0.25) is 67.5 Å². The first-order valence-electron chi connectivity index (χ1n) is 31.5. The van der Waals surface area contributed by atoms with Crippen molar-refractivity contribution < 1.29 is 117 Å². The molecule has 0 unspecified atom stereocenters.